The Bertz CT molecular complexity index is 1080. The van der Waals surface area contributed by atoms with Gasteiger partial charge >= 0.3 is 0 Å². The second-order valence-electron chi connectivity index (χ2n) is 7.41. The van der Waals surface area contributed by atoms with Gasteiger partial charge in [0.15, 0.2) is 0 Å². The molecule has 1 fully saturated rings. The van der Waals surface area contributed by atoms with Crippen LogP contribution in [0.1, 0.15) is 21.6 Å². The van der Waals surface area contributed by atoms with Crippen LogP contribution in [0.4, 0.5) is 10.1 Å². The van der Waals surface area contributed by atoms with E-state index in [1.165, 1.54) is 12.1 Å². The van der Waals surface area contributed by atoms with E-state index in [9.17, 15) is 14.0 Å². The van der Waals surface area contributed by atoms with Crippen LogP contribution in [0.25, 0.3) is 10.9 Å². The van der Waals surface area contributed by atoms with E-state index >= 15 is 0 Å². The topological polar surface area (TPSA) is 45.5 Å². The van der Waals surface area contributed by atoms with Crippen LogP contribution in [-0.4, -0.2) is 40.9 Å². The smallest absolute Gasteiger partial charge is 0.271 e. The highest BCUT2D eigenvalue weighted by molar-refractivity contribution is 6.03. The standard InChI is InChI=1S/C22H22FN3O2/c1-14-8-15(2)10-18(9-14)26-7-6-25(13-21(26)27)22(28)20-12-16-11-17(23)4-5-19(16)24(20)3/h4-5,8-12H,6-7,13H2,1-3H3. The number of piperazine rings is 1. The van der Waals surface area contributed by atoms with Crippen molar-refractivity contribution in [2.24, 2.45) is 7.05 Å². The van der Waals surface area contributed by atoms with Crippen molar-refractivity contribution < 1.29 is 14.0 Å². The molecule has 144 valence electrons. The fraction of sp³-hybridized carbons (Fsp3) is 0.273. The first-order valence-electron chi connectivity index (χ1n) is 9.26. The molecular weight excluding hydrogens is 357 g/mol. The van der Waals surface area contributed by atoms with E-state index < -0.39 is 0 Å². The average molecular weight is 379 g/mol. The Morgan fingerprint density at radius 2 is 1.71 bits per heavy atom. The van der Waals surface area contributed by atoms with E-state index in [1.807, 2.05) is 26.0 Å². The number of benzene rings is 2. The van der Waals surface area contributed by atoms with Crippen LogP contribution in [0.2, 0.25) is 0 Å². The molecule has 1 aromatic heterocycles. The van der Waals surface area contributed by atoms with Crippen LogP contribution in [0.5, 0.6) is 0 Å². The zero-order valence-electron chi connectivity index (χ0n) is 16.2. The molecule has 1 saturated heterocycles. The van der Waals surface area contributed by atoms with Crippen molar-refractivity contribution in [3.63, 3.8) is 0 Å². The van der Waals surface area contributed by atoms with E-state index in [0.717, 1.165) is 22.3 Å². The van der Waals surface area contributed by atoms with Gasteiger partial charge in [0.05, 0.1) is 0 Å². The number of aryl methyl sites for hydroxylation is 3. The third-order valence-corrected chi connectivity index (χ3v) is 5.25. The number of fused-ring (bicyclic) bond motifs is 1. The molecule has 4 rings (SSSR count). The third-order valence-electron chi connectivity index (χ3n) is 5.25. The van der Waals surface area contributed by atoms with Crippen molar-refractivity contribution in [3.05, 3.63) is 65.1 Å². The Hall–Kier alpha value is -3.15. The molecule has 0 atom stereocenters. The third kappa shape index (κ3) is 3.15. The molecule has 0 saturated carbocycles. The molecule has 0 N–H and O–H groups in total. The summed E-state index contributed by atoms with van der Waals surface area (Å²) in [6.07, 6.45) is 0. The SMILES string of the molecule is Cc1cc(C)cc(N2CCN(C(=O)c3cc4cc(F)ccc4n3C)CC2=O)c1. The Labute approximate surface area is 163 Å². The van der Waals surface area contributed by atoms with E-state index in [2.05, 4.69) is 6.07 Å². The highest BCUT2D eigenvalue weighted by Gasteiger charge is 2.30. The minimum atomic E-state index is -0.339. The maximum Gasteiger partial charge on any atom is 0.271 e. The molecule has 6 heteroatoms. The first-order valence-corrected chi connectivity index (χ1v) is 9.26. The highest BCUT2D eigenvalue weighted by Crippen LogP contribution is 2.24. The second-order valence-corrected chi connectivity index (χ2v) is 7.41. The molecule has 2 aromatic carbocycles. The molecular formula is C22H22FN3O2. The van der Waals surface area contributed by atoms with E-state index in [1.54, 1.807) is 33.5 Å². The monoisotopic (exact) mass is 379 g/mol. The molecule has 2 amide bonds. The number of halogens is 1. The average Bonchev–Trinajstić information content (AvgIpc) is 2.96. The molecule has 0 aliphatic carbocycles. The van der Waals surface area contributed by atoms with Gasteiger partial charge in [0.25, 0.3) is 5.91 Å². The Morgan fingerprint density at radius 3 is 2.39 bits per heavy atom. The summed E-state index contributed by atoms with van der Waals surface area (Å²) in [5.41, 5.74) is 4.31. The molecule has 0 bridgehead atoms. The molecule has 0 radical (unpaired) electrons. The van der Waals surface area contributed by atoms with Gasteiger partial charge in [-0.25, -0.2) is 4.39 Å². The lowest BCUT2D eigenvalue weighted by Crippen LogP contribution is -2.52. The first-order chi connectivity index (χ1) is 13.3. The lowest BCUT2D eigenvalue weighted by molar-refractivity contribution is -0.120. The van der Waals surface area contributed by atoms with Crippen molar-refractivity contribution in [1.29, 1.82) is 0 Å². The molecule has 28 heavy (non-hydrogen) atoms. The van der Waals surface area contributed by atoms with Gasteiger partial charge < -0.3 is 14.4 Å². The maximum atomic E-state index is 13.5. The predicted octanol–water partition coefficient (Wildman–Crippen LogP) is 3.42. The Kier molecular flexibility index (Phi) is 4.41. The number of amides is 2. The quantitative estimate of drug-likeness (QED) is 0.685. The normalized spacial score (nSPS) is 14.8. The summed E-state index contributed by atoms with van der Waals surface area (Å²) in [6.45, 7) is 4.94. The number of hydrogen-bond acceptors (Lipinski definition) is 2. The maximum absolute atomic E-state index is 13.5. The number of aromatic nitrogens is 1. The van der Waals surface area contributed by atoms with Crippen molar-refractivity contribution in [2.75, 3.05) is 24.5 Å². The number of nitrogens with zero attached hydrogens (tertiary/aromatic N) is 3. The predicted molar refractivity (Wildman–Crippen MR) is 107 cm³/mol. The highest BCUT2D eigenvalue weighted by atomic mass is 19.1. The zero-order chi connectivity index (χ0) is 20.0. The van der Waals surface area contributed by atoms with Gasteiger partial charge in [-0.3, -0.25) is 9.59 Å². The summed E-state index contributed by atoms with van der Waals surface area (Å²) < 4.78 is 15.2. The molecule has 1 aliphatic rings. The Morgan fingerprint density at radius 1 is 1.00 bits per heavy atom. The fourth-order valence-electron chi connectivity index (χ4n) is 3.91. The fourth-order valence-corrected chi connectivity index (χ4v) is 3.91. The molecule has 2 heterocycles. The van der Waals surface area contributed by atoms with Gasteiger partial charge in [-0.1, -0.05) is 6.07 Å². The molecule has 1 aliphatic heterocycles. The lowest BCUT2D eigenvalue weighted by atomic mass is 10.1. The minimum absolute atomic E-state index is 0.0295. The van der Waals surface area contributed by atoms with Crippen LogP contribution in [0.15, 0.2) is 42.5 Å². The van der Waals surface area contributed by atoms with Crippen molar-refractivity contribution in [2.45, 2.75) is 13.8 Å². The van der Waals surface area contributed by atoms with E-state index in [-0.39, 0.29) is 24.2 Å². The van der Waals surface area contributed by atoms with Crippen LogP contribution >= 0.6 is 0 Å². The van der Waals surface area contributed by atoms with Gasteiger partial charge in [-0.05, 0) is 61.4 Å². The summed E-state index contributed by atoms with van der Waals surface area (Å²) in [7, 11) is 1.78. The number of anilines is 1. The van der Waals surface area contributed by atoms with Crippen molar-refractivity contribution >= 4 is 28.4 Å². The zero-order valence-corrected chi connectivity index (χ0v) is 16.2. The van der Waals surface area contributed by atoms with Crippen LogP contribution in [0.3, 0.4) is 0 Å². The number of rotatable bonds is 2. The number of hydrogen-bond donors (Lipinski definition) is 0. The van der Waals surface area contributed by atoms with Gasteiger partial charge in [0.2, 0.25) is 5.91 Å². The molecule has 0 unspecified atom stereocenters. The summed E-state index contributed by atoms with van der Waals surface area (Å²) in [5, 5.41) is 0.672. The molecule has 3 aromatic rings. The van der Waals surface area contributed by atoms with Gasteiger partial charge in [0.1, 0.15) is 18.1 Å². The molecule has 0 spiro atoms. The van der Waals surface area contributed by atoms with Crippen molar-refractivity contribution in [1.82, 2.24) is 9.47 Å². The van der Waals surface area contributed by atoms with Crippen molar-refractivity contribution in [3.8, 4) is 0 Å². The van der Waals surface area contributed by atoms with Gasteiger partial charge in [-0.2, -0.15) is 0 Å². The largest absolute Gasteiger partial charge is 0.340 e. The van der Waals surface area contributed by atoms with Gasteiger partial charge in [-0.15, -0.1) is 0 Å². The van der Waals surface area contributed by atoms with Gasteiger partial charge in [0, 0.05) is 36.7 Å². The number of carbonyl (C=O) groups excluding carboxylic acids is 2. The minimum Gasteiger partial charge on any atom is -0.340 e. The van der Waals surface area contributed by atoms with Crippen LogP contribution in [-0.2, 0) is 11.8 Å². The Balaban J connectivity index is 1.56. The second kappa shape index (κ2) is 6.78. The summed E-state index contributed by atoms with van der Waals surface area (Å²) in [5.74, 6) is -0.656. The summed E-state index contributed by atoms with van der Waals surface area (Å²) >= 11 is 0. The van der Waals surface area contributed by atoms with Crippen LogP contribution < -0.4 is 4.90 Å². The first kappa shape index (κ1) is 18.2. The summed E-state index contributed by atoms with van der Waals surface area (Å²) in [4.78, 5) is 29.1. The number of carbonyl (C=O) groups is 2. The van der Waals surface area contributed by atoms with E-state index in [4.69, 9.17) is 0 Å². The molecule has 5 nitrogen and oxygen atoms in total. The summed E-state index contributed by atoms with van der Waals surface area (Å²) in [6, 6.07) is 12.2. The van der Waals surface area contributed by atoms with E-state index in [0.29, 0.717) is 24.2 Å². The van der Waals surface area contributed by atoms with Crippen LogP contribution in [0, 0.1) is 19.7 Å². The lowest BCUT2D eigenvalue weighted by Gasteiger charge is -2.34.